The number of alkyl halides is 6. The largest absolute Gasteiger partial charge is 0.477 e. The first-order chi connectivity index (χ1) is 12.8. The third-order valence-corrected chi connectivity index (χ3v) is 3.62. The second-order valence-corrected chi connectivity index (χ2v) is 5.53. The van der Waals surface area contributed by atoms with Gasteiger partial charge in [0.05, 0.1) is 6.61 Å². The Morgan fingerprint density at radius 3 is 2.21 bits per heavy atom. The van der Waals surface area contributed by atoms with E-state index in [9.17, 15) is 41.0 Å². The van der Waals surface area contributed by atoms with Crippen molar-refractivity contribution in [2.45, 2.75) is 31.1 Å². The predicted octanol–water partition coefficient (Wildman–Crippen LogP) is 2.24. The lowest BCUT2D eigenvalue weighted by Gasteiger charge is -2.41. The number of carbonyl (C=O) groups excluding carboxylic acids is 2. The summed E-state index contributed by atoms with van der Waals surface area (Å²) >= 11 is 0. The van der Waals surface area contributed by atoms with E-state index in [-0.39, 0.29) is 5.75 Å². The highest BCUT2D eigenvalue weighted by Gasteiger charge is 2.68. The molecule has 2 unspecified atom stereocenters. The summed E-state index contributed by atoms with van der Waals surface area (Å²) in [5, 5.41) is 10.8. The molecule has 6 nitrogen and oxygen atoms in total. The Morgan fingerprint density at radius 1 is 1.18 bits per heavy atom. The van der Waals surface area contributed by atoms with Crippen LogP contribution in [-0.4, -0.2) is 47.6 Å². The number of hydrogen-bond donors (Lipinski definition) is 2. The number of rotatable bonds is 4. The van der Waals surface area contributed by atoms with E-state index in [0.717, 1.165) is 17.4 Å². The molecule has 2 atom stereocenters. The van der Waals surface area contributed by atoms with Crippen molar-refractivity contribution in [3.63, 3.8) is 0 Å². The molecule has 0 fully saturated rings. The van der Waals surface area contributed by atoms with Crippen LogP contribution in [0.4, 0.5) is 26.3 Å². The number of carbonyl (C=O) groups is 2. The van der Waals surface area contributed by atoms with Crippen molar-refractivity contribution in [2.75, 3.05) is 6.61 Å². The summed E-state index contributed by atoms with van der Waals surface area (Å²) in [5.74, 6) is -4.20. The Morgan fingerprint density at radius 2 is 1.75 bits per heavy atom. The van der Waals surface area contributed by atoms with E-state index in [2.05, 4.69) is 4.74 Å². The number of ketones is 1. The Hall–Kier alpha value is -2.76. The lowest BCUT2D eigenvalue weighted by Crippen LogP contribution is -2.71. The molecular weight excluding hydrogens is 400 g/mol. The number of nitrogens with one attached hydrogen (secondary N) is 1. The first-order valence-electron chi connectivity index (χ1n) is 7.64. The van der Waals surface area contributed by atoms with Crippen molar-refractivity contribution in [3.05, 3.63) is 41.6 Å². The Balaban J connectivity index is 2.67. The van der Waals surface area contributed by atoms with E-state index in [1.165, 1.54) is 25.1 Å². The zero-order valence-electron chi connectivity index (χ0n) is 14.0. The van der Waals surface area contributed by atoms with Gasteiger partial charge in [0.25, 0.3) is 5.72 Å². The number of halogens is 6. The molecule has 2 rings (SSSR count). The lowest BCUT2D eigenvalue weighted by atomic mass is 9.89. The van der Waals surface area contributed by atoms with E-state index in [4.69, 9.17) is 4.74 Å². The second-order valence-electron chi connectivity index (χ2n) is 5.53. The predicted molar refractivity (Wildman–Crippen MR) is 79.7 cm³/mol. The van der Waals surface area contributed by atoms with Crippen LogP contribution in [0.15, 0.2) is 41.6 Å². The standard InChI is InChI=1S/C16H13F6NO5/c1-2-27-13(25)9-10(24)12(28-8-6-4-3-5-7-8)14(26,16(20,21)22)23-11(9)15(17,18)19/h3-7,12,23,26H,2H2,1H3. The number of allylic oxidation sites excluding steroid dienone is 1. The molecule has 0 radical (unpaired) electrons. The molecule has 0 saturated carbocycles. The van der Waals surface area contributed by atoms with Crippen molar-refractivity contribution in [2.24, 2.45) is 0 Å². The minimum Gasteiger partial charge on any atom is -0.477 e. The molecule has 0 saturated heterocycles. The Kier molecular flexibility index (Phi) is 5.64. The highest BCUT2D eigenvalue weighted by atomic mass is 19.4. The maximum absolute atomic E-state index is 13.4. The van der Waals surface area contributed by atoms with Crippen LogP contribution in [0.1, 0.15) is 6.92 Å². The molecule has 0 aliphatic carbocycles. The molecular formula is C16H13F6NO5. The number of ether oxygens (including phenoxy) is 2. The van der Waals surface area contributed by atoms with Gasteiger partial charge in [-0.05, 0) is 19.1 Å². The number of esters is 1. The average Bonchev–Trinajstić information content (AvgIpc) is 2.57. The molecule has 0 bridgehead atoms. The van der Waals surface area contributed by atoms with Gasteiger partial charge in [-0.15, -0.1) is 0 Å². The maximum Gasteiger partial charge on any atom is 0.440 e. The minimum atomic E-state index is -5.78. The number of benzene rings is 1. The van der Waals surface area contributed by atoms with Crippen LogP contribution in [0.25, 0.3) is 0 Å². The summed E-state index contributed by atoms with van der Waals surface area (Å²) in [6.45, 7) is 0.769. The first-order valence-corrected chi connectivity index (χ1v) is 7.64. The summed E-state index contributed by atoms with van der Waals surface area (Å²) in [6, 6.07) is 6.29. The van der Waals surface area contributed by atoms with Crippen molar-refractivity contribution in [1.82, 2.24) is 5.32 Å². The van der Waals surface area contributed by atoms with Gasteiger partial charge in [0, 0.05) is 0 Å². The molecule has 0 aromatic heterocycles. The normalized spacial score (nSPS) is 23.3. The van der Waals surface area contributed by atoms with Gasteiger partial charge in [0.2, 0.25) is 11.9 Å². The molecule has 1 aliphatic rings. The average molecular weight is 413 g/mol. The fourth-order valence-corrected chi connectivity index (χ4v) is 2.37. The van der Waals surface area contributed by atoms with E-state index in [1.807, 2.05) is 0 Å². The zero-order chi connectivity index (χ0) is 21.3. The summed E-state index contributed by atoms with van der Waals surface area (Å²) < 4.78 is 89.3. The van der Waals surface area contributed by atoms with Gasteiger partial charge >= 0.3 is 18.3 Å². The third-order valence-electron chi connectivity index (χ3n) is 3.62. The zero-order valence-corrected chi connectivity index (χ0v) is 14.0. The van der Waals surface area contributed by atoms with Gasteiger partial charge in [0.15, 0.2) is 0 Å². The number of Topliss-reactive ketones (excluding diaryl/α,β-unsaturated/α-hetero) is 1. The highest BCUT2D eigenvalue weighted by molar-refractivity contribution is 6.20. The molecule has 2 N–H and O–H groups in total. The van der Waals surface area contributed by atoms with Crippen LogP contribution in [0.3, 0.4) is 0 Å². The molecule has 154 valence electrons. The summed E-state index contributed by atoms with van der Waals surface area (Å²) in [7, 11) is 0. The smallest absolute Gasteiger partial charge is 0.440 e. The van der Waals surface area contributed by atoms with E-state index in [1.54, 1.807) is 0 Å². The number of para-hydroxylation sites is 1. The van der Waals surface area contributed by atoms with Gasteiger partial charge in [0.1, 0.15) is 17.0 Å². The van der Waals surface area contributed by atoms with E-state index >= 15 is 0 Å². The maximum atomic E-state index is 13.4. The molecule has 0 spiro atoms. The van der Waals surface area contributed by atoms with Crippen LogP contribution in [0, 0.1) is 0 Å². The topological polar surface area (TPSA) is 84.9 Å². The van der Waals surface area contributed by atoms with Crippen LogP contribution in [0.5, 0.6) is 5.75 Å². The fourth-order valence-electron chi connectivity index (χ4n) is 2.37. The van der Waals surface area contributed by atoms with Gasteiger partial charge in [-0.25, -0.2) is 4.79 Å². The Bertz CT molecular complexity index is 789. The molecule has 0 amide bonds. The van der Waals surface area contributed by atoms with E-state index in [0.29, 0.717) is 0 Å². The Labute approximate surface area is 153 Å². The monoisotopic (exact) mass is 413 g/mol. The van der Waals surface area contributed by atoms with Crippen LogP contribution < -0.4 is 10.1 Å². The summed E-state index contributed by atoms with van der Waals surface area (Å²) in [6.07, 6.45) is -14.3. The first kappa shape index (κ1) is 21.5. The number of hydrogen-bond acceptors (Lipinski definition) is 6. The van der Waals surface area contributed by atoms with Crippen molar-refractivity contribution < 1.29 is 50.5 Å². The molecule has 12 heteroatoms. The van der Waals surface area contributed by atoms with E-state index < -0.39 is 53.8 Å². The van der Waals surface area contributed by atoms with Crippen molar-refractivity contribution >= 4 is 11.8 Å². The highest BCUT2D eigenvalue weighted by Crippen LogP contribution is 2.41. The number of aliphatic hydroxyl groups is 1. The molecule has 1 aromatic rings. The quantitative estimate of drug-likeness (QED) is 0.448. The van der Waals surface area contributed by atoms with Gasteiger partial charge < -0.3 is 19.9 Å². The molecule has 28 heavy (non-hydrogen) atoms. The van der Waals surface area contributed by atoms with Crippen LogP contribution >= 0.6 is 0 Å². The van der Waals surface area contributed by atoms with Crippen LogP contribution in [-0.2, 0) is 14.3 Å². The molecule has 1 aliphatic heterocycles. The minimum absolute atomic E-state index is 0.357. The van der Waals surface area contributed by atoms with Crippen molar-refractivity contribution in [3.8, 4) is 5.75 Å². The fraction of sp³-hybridized carbons (Fsp3) is 0.375. The van der Waals surface area contributed by atoms with Crippen molar-refractivity contribution in [1.29, 1.82) is 0 Å². The van der Waals surface area contributed by atoms with Crippen LogP contribution in [0.2, 0.25) is 0 Å². The SMILES string of the molecule is CCOC(=O)C1=C(C(F)(F)F)NC(O)(C(F)(F)F)C(Oc2ccccc2)C1=O. The summed E-state index contributed by atoms with van der Waals surface area (Å²) in [5.41, 5.74) is -8.56. The second kappa shape index (κ2) is 7.34. The lowest BCUT2D eigenvalue weighted by molar-refractivity contribution is -0.297. The van der Waals surface area contributed by atoms with Gasteiger partial charge in [-0.2, -0.15) is 26.3 Å². The van der Waals surface area contributed by atoms with Gasteiger partial charge in [-0.3, -0.25) is 4.79 Å². The van der Waals surface area contributed by atoms with Gasteiger partial charge in [-0.1, -0.05) is 18.2 Å². The summed E-state index contributed by atoms with van der Waals surface area (Å²) in [4.78, 5) is 24.3. The molecule has 1 heterocycles. The molecule has 1 aromatic carbocycles. The third kappa shape index (κ3) is 3.91.